The van der Waals surface area contributed by atoms with Crippen molar-refractivity contribution in [3.63, 3.8) is 0 Å². The fourth-order valence-electron chi connectivity index (χ4n) is 2.26. The van der Waals surface area contributed by atoms with E-state index in [1.165, 1.54) is 0 Å². The van der Waals surface area contributed by atoms with E-state index in [2.05, 4.69) is 10.3 Å². The van der Waals surface area contributed by atoms with Crippen molar-refractivity contribution in [2.24, 2.45) is 0 Å². The lowest BCUT2D eigenvalue weighted by molar-refractivity contribution is 0.0316. The smallest absolute Gasteiger partial charge is 0.359 e. The van der Waals surface area contributed by atoms with E-state index in [1.807, 2.05) is 37.3 Å². The number of carbonyl (C=O) groups is 1. The van der Waals surface area contributed by atoms with Gasteiger partial charge >= 0.3 is 5.97 Å². The number of rotatable bonds is 4. The van der Waals surface area contributed by atoms with E-state index in [4.69, 9.17) is 9.26 Å². The molecule has 0 aliphatic rings. The summed E-state index contributed by atoms with van der Waals surface area (Å²) in [5.41, 5.74) is 2.59. The molecule has 0 saturated carbocycles. The van der Waals surface area contributed by atoms with E-state index in [0.29, 0.717) is 11.5 Å². The first kappa shape index (κ1) is 15.0. The number of hydrogen-bond donors (Lipinski definition) is 0. The molecule has 2 aromatic heterocycles. The van der Waals surface area contributed by atoms with Crippen molar-refractivity contribution in [1.29, 1.82) is 0 Å². The molecule has 0 spiro atoms. The maximum atomic E-state index is 12.3. The molecule has 1 atom stereocenters. The first-order valence-corrected chi connectivity index (χ1v) is 7.31. The van der Waals surface area contributed by atoms with E-state index in [0.717, 1.165) is 11.4 Å². The van der Waals surface area contributed by atoms with Gasteiger partial charge in [0, 0.05) is 11.8 Å². The van der Waals surface area contributed by atoms with Crippen LogP contribution in [0, 0.1) is 13.8 Å². The Morgan fingerprint density at radius 2 is 1.96 bits per heavy atom. The predicted molar refractivity (Wildman–Crippen MR) is 83.4 cm³/mol. The molecular weight excluding hydrogens is 294 g/mol. The zero-order valence-electron chi connectivity index (χ0n) is 13.2. The van der Waals surface area contributed by atoms with Gasteiger partial charge in [0.1, 0.15) is 17.6 Å². The Hall–Kier alpha value is -2.89. The highest BCUT2D eigenvalue weighted by molar-refractivity contribution is 5.87. The van der Waals surface area contributed by atoms with Gasteiger partial charge in [-0.1, -0.05) is 23.4 Å². The Kier molecular flexibility index (Phi) is 3.97. The number of benzene rings is 1. The topological polar surface area (TPSA) is 70.2 Å². The Balaban J connectivity index is 1.78. The molecule has 6 heteroatoms. The fourth-order valence-corrected chi connectivity index (χ4v) is 2.26. The van der Waals surface area contributed by atoms with Crippen molar-refractivity contribution in [2.45, 2.75) is 26.9 Å². The van der Waals surface area contributed by atoms with E-state index in [-0.39, 0.29) is 5.69 Å². The first-order chi connectivity index (χ1) is 11.0. The molecule has 3 rings (SSSR count). The average molecular weight is 311 g/mol. The molecule has 0 fully saturated rings. The zero-order chi connectivity index (χ0) is 16.4. The lowest BCUT2D eigenvalue weighted by atomic mass is 10.2. The van der Waals surface area contributed by atoms with Crippen molar-refractivity contribution in [2.75, 3.05) is 0 Å². The second-order valence-corrected chi connectivity index (χ2v) is 5.33. The van der Waals surface area contributed by atoms with Crippen LogP contribution < -0.4 is 0 Å². The molecule has 1 unspecified atom stereocenters. The normalized spacial score (nSPS) is 12.1. The molecule has 0 saturated heterocycles. The van der Waals surface area contributed by atoms with Gasteiger partial charge in [-0.05, 0) is 39.0 Å². The summed E-state index contributed by atoms with van der Waals surface area (Å²) in [6.45, 7) is 5.42. The lowest BCUT2D eigenvalue weighted by Crippen LogP contribution is -2.10. The summed E-state index contributed by atoms with van der Waals surface area (Å²) >= 11 is 0. The maximum absolute atomic E-state index is 12.3. The monoisotopic (exact) mass is 311 g/mol. The largest absolute Gasteiger partial charge is 0.451 e. The van der Waals surface area contributed by atoms with Crippen molar-refractivity contribution >= 4 is 5.97 Å². The molecule has 6 nitrogen and oxygen atoms in total. The number of hydrogen-bond acceptors (Lipinski definition) is 5. The van der Waals surface area contributed by atoms with E-state index >= 15 is 0 Å². The van der Waals surface area contributed by atoms with E-state index in [1.54, 1.807) is 30.7 Å². The summed E-state index contributed by atoms with van der Waals surface area (Å²) in [7, 11) is 0. The predicted octanol–water partition coefficient (Wildman–Crippen LogP) is 3.40. The van der Waals surface area contributed by atoms with Gasteiger partial charge in [0.2, 0.25) is 0 Å². The van der Waals surface area contributed by atoms with E-state index < -0.39 is 12.1 Å². The summed E-state index contributed by atoms with van der Waals surface area (Å²) in [5.74, 6) is 0.183. The molecule has 0 N–H and O–H groups in total. The first-order valence-electron chi connectivity index (χ1n) is 7.31. The zero-order valence-corrected chi connectivity index (χ0v) is 13.2. The van der Waals surface area contributed by atoms with Gasteiger partial charge in [-0.2, -0.15) is 5.10 Å². The van der Waals surface area contributed by atoms with Gasteiger partial charge in [-0.3, -0.25) is 0 Å². The Morgan fingerprint density at radius 3 is 2.61 bits per heavy atom. The minimum absolute atomic E-state index is 0.262. The second kappa shape index (κ2) is 6.08. The maximum Gasteiger partial charge on any atom is 0.359 e. The van der Waals surface area contributed by atoms with Gasteiger partial charge in [0.05, 0.1) is 5.69 Å². The van der Waals surface area contributed by atoms with Gasteiger partial charge in [-0.25, -0.2) is 9.48 Å². The lowest BCUT2D eigenvalue weighted by Gasteiger charge is -2.08. The van der Waals surface area contributed by atoms with Gasteiger partial charge < -0.3 is 9.26 Å². The number of esters is 1. The standard InChI is InChI=1S/C17H17N3O3/c1-11-9-16(18-20(11)14-7-5-4-6-8-14)17(21)22-13(3)15-10-12(2)23-19-15/h4-10,13H,1-3H3. The highest BCUT2D eigenvalue weighted by Gasteiger charge is 2.20. The second-order valence-electron chi connectivity index (χ2n) is 5.33. The van der Waals surface area contributed by atoms with Crippen LogP contribution in [0.3, 0.4) is 0 Å². The number of carbonyl (C=O) groups excluding carboxylic acids is 1. The molecule has 0 aliphatic heterocycles. The van der Waals surface area contributed by atoms with Gasteiger partial charge in [0.25, 0.3) is 0 Å². The molecule has 1 aromatic carbocycles. The third kappa shape index (κ3) is 3.15. The van der Waals surface area contributed by atoms with Crippen LogP contribution in [0.1, 0.15) is 40.7 Å². The van der Waals surface area contributed by atoms with Crippen LogP contribution in [-0.2, 0) is 4.74 Å². The minimum atomic E-state index is -0.498. The van der Waals surface area contributed by atoms with Gasteiger partial charge in [-0.15, -0.1) is 0 Å². The highest BCUT2D eigenvalue weighted by atomic mass is 16.5. The third-order valence-corrected chi connectivity index (χ3v) is 3.44. The van der Waals surface area contributed by atoms with Crippen LogP contribution >= 0.6 is 0 Å². The quantitative estimate of drug-likeness (QED) is 0.691. The van der Waals surface area contributed by atoms with E-state index in [9.17, 15) is 4.79 Å². The Morgan fingerprint density at radius 1 is 1.22 bits per heavy atom. The molecule has 0 bridgehead atoms. The summed E-state index contributed by atoms with van der Waals surface area (Å²) in [6.07, 6.45) is -0.498. The molecule has 0 amide bonds. The molecule has 0 aliphatic carbocycles. The average Bonchev–Trinajstić information content (AvgIpc) is 3.14. The summed E-state index contributed by atoms with van der Waals surface area (Å²) in [6, 6.07) is 13.1. The summed E-state index contributed by atoms with van der Waals surface area (Å²) in [4.78, 5) is 12.3. The molecular formula is C17H17N3O3. The minimum Gasteiger partial charge on any atom is -0.451 e. The Labute approximate surface area is 133 Å². The van der Waals surface area contributed by atoms with Crippen LogP contribution in [0.4, 0.5) is 0 Å². The number of para-hydroxylation sites is 1. The number of aryl methyl sites for hydroxylation is 2. The van der Waals surface area contributed by atoms with Crippen molar-refractivity contribution in [3.05, 3.63) is 65.3 Å². The molecule has 23 heavy (non-hydrogen) atoms. The molecule has 2 heterocycles. The van der Waals surface area contributed by atoms with Crippen molar-refractivity contribution in [1.82, 2.24) is 14.9 Å². The molecule has 3 aromatic rings. The van der Waals surface area contributed by atoms with Crippen LogP contribution in [0.2, 0.25) is 0 Å². The SMILES string of the molecule is Cc1cc(C(C)OC(=O)c2cc(C)n(-c3ccccc3)n2)no1. The Bertz CT molecular complexity index is 821. The van der Waals surface area contributed by atoms with Crippen molar-refractivity contribution in [3.8, 4) is 5.69 Å². The van der Waals surface area contributed by atoms with Crippen molar-refractivity contribution < 1.29 is 14.1 Å². The number of nitrogens with zero attached hydrogens (tertiary/aromatic N) is 3. The molecule has 0 radical (unpaired) electrons. The van der Waals surface area contributed by atoms with Gasteiger partial charge in [0.15, 0.2) is 5.69 Å². The third-order valence-electron chi connectivity index (χ3n) is 3.44. The number of ether oxygens (including phenoxy) is 1. The molecule has 118 valence electrons. The fraction of sp³-hybridized carbons (Fsp3) is 0.235. The van der Waals surface area contributed by atoms with Crippen LogP contribution in [0.5, 0.6) is 0 Å². The highest BCUT2D eigenvalue weighted by Crippen LogP contribution is 2.19. The number of aromatic nitrogens is 3. The van der Waals surface area contributed by atoms with Crippen LogP contribution in [-0.4, -0.2) is 20.9 Å². The summed E-state index contributed by atoms with van der Waals surface area (Å²) in [5, 5.41) is 8.19. The van der Waals surface area contributed by atoms with Crippen LogP contribution in [0.15, 0.2) is 47.0 Å². The summed E-state index contributed by atoms with van der Waals surface area (Å²) < 4.78 is 12.1. The van der Waals surface area contributed by atoms with Crippen LogP contribution in [0.25, 0.3) is 5.69 Å².